The minimum absolute atomic E-state index is 0.123. The average molecular weight is 328 g/mol. The van der Waals surface area contributed by atoms with E-state index in [0.29, 0.717) is 24.5 Å². The summed E-state index contributed by atoms with van der Waals surface area (Å²) in [7, 11) is -1.94. The van der Waals surface area contributed by atoms with E-state index in [1.165, 1.54) is 0 Å². The second-order valence-electron chi connectivity index (χ2n) is 5.20. The van der Waals surface area contributed by atoms with Crippen molar-refractivity contribution in [1.29, 1.82) is 0 Å². The molecule has 1 atom stereocenters. The standard InChI is InChI=1S/C14H20N2O5S/c1-20-12-5-2-4-10-8-11(9-21-14(10)12)16-13(17)6-3-7-22(15,18)19/h2,4-5,11H,3,6-9H2,1H3,(H,16,17)(H2,15,18,19). The molecule has 122 valence electrons. The first-order valence-electron chi connectivity index (χ1n) is 6.97. The maximum Gasteiger partial charge on any atom is 0.220 e. The van der Waals surface area contributed by atoms with Crippen LogP contribution in [0.2, 0.25) is 0 Å². The first kappa shape index (κ1) is 16.6. The van der Waals surface area contributed by atoms with Gasteiger partial charge in [-0.25, -0.2) is 13.6 Å². The predicted octanol–water partition coefficient (Wildman–Crippen LogP) is 0.184. The van der Waals surface area contributed by atoms with Gasteiger partial charge in [-0.3, -0.25) is 4.79 Å². The molecule has 0 bridgehead atoms. The van der Waals surface area contributed by atoms with Gasteiger partial charge in [0.05, 0.1) is 18.9 Å². The smallest absolute Gasteiger partial charge is 0.220 e. The number of primary sulfonamides is 1. The Morgan fingerprint density at radius 1 is 1.50 bits per heavy atom. The lowest BCUT2D eigenvalue weighted by Gasteiger charge is -2.27. The Labute approximate surface area is 129 Å². The van der Waals surface area contributed by atoms with Crippen LogP contribution < -0.4 is 19.9 Å². The number of para-hydroxylation sites is 1. The number of amides is 1. The molecule has 22 heavy (non-hydrogen) atoms. The summed E-state index contributed by atoms with van der Waals surface area (Å²) >= 11 is 0. The van der Waals surface area contributed by atoms with Crippen molar-refractivity contribution >= 4 is 15.9 Å². The van der Waals surface area contributed by atoms with Crippen molar-refractivity contribution in [2.45, 2.75) is 25.3 Å². The van der Waals surface area contributed by atoms with Gasteiger partial charge in [0.1, 0.15) is 6.61 Å². The zero-order valence-corrected chi connectivity index (χ0v) is 13.2. The third-order valence-corrected chi connectivity index (χ3v) is 4.23. The zero-order valence-electron chi connectivity index (χ0n) is 12.4. The van der Waals surface area contributed by atoms with Crippen molar-refractivity contribution in [3.05, 3.63) is 23.8 Å². The third-order valence-electron chi connectivity index (χ3n) is 3.37. The molecular formula is C14H20N2O5S. The quantitative estimate of drug-likeness (QED) is 0.775. The number of ether oxygens (including phenoxy) is 2. The van der Waals surface area contributed by atoms with Gasteiger partial charge in [0.15, 0.2) is 11.5 Å². The molecule has 1 amide bonds. The van der Waals surface area contributed by atoms with Gasteiger partial charge in [0, 0.05) is 12.0 Å². The second kappa shape index (κ2) is 6.97. The van der Waals surface area contributed by atoms with Gasteiger partial charge >= 0.3 is 0 Å². The molecule has 1 heterocycles. The van der Waals surface area contributed by atoms with E-state index in [4.69, 9.17) is 14.6 Å². The number of carbonyl (C=O) groups is 1. The highest BCUT2D eigenvalue weighted by Crippen LogP contribution is 2.34. The Morgan fingerprint density at radius 2 is 2.27 bits per heavy atom. The van der Waals surface area contributed by atoms with E-state index in [9.17, 15) is 13.2 Å². The molecule has 0 saturated heterocycles. The fraction of sp³-hybridized carbons (Fsp3) is 0.500. The van der Waals surface area contributed by atoms with E-state index in [-0.39, 0.29) is 30.5 Å². The molecule has 0 fully saturated rings. The van der Waals surface area contributed by atoms with E-state index in [0.717, 1.165) is 5.56 Å². The number of methoxy groups -OCH3 is 1. The first-order chi connectivity index (χ1) is 10.4. The number of rotatable bonds is 6. The van der Waals surface area contributed by atoms with Gasteiger partial charge in [-0.05, 0) is 18.9 Å². The number of carbonyl (C=O) groups excluding carboxylic acids is 1. The molecule has 0 aromatic heterocycles. The molecule has 1 aromatic carbocycles. The molecule has 2 rings (SSSR count). The fourth-order valence-electron chi connectivity index (χ4n) is 2.38. The average Bonchev–Trinajstić information content (AvgIpc) is 2.44. The normalized spacial score (nSPS) is 17.3. The van der Waals surface area contributed by atoms with Crippen molar-refractivity contribution in [2.24, 2.45) is 5.14 Å². The molecule has 0 radical (unpaired) electrons. The Morgan fingerprint density at radius 3 is 2.95 bits per heavy atom. The number of fused-ring (bicyclic) bond motifs is 1. The lowest BCUT2D eigenvalue weighted by molar-refractivity contribution is -0.122. The van der Waals surface area contributed by atoms with Gasteiger partial charge in [0.2, 0.25) is 15.9 Å². The van der Waals surface area contributed by atoms with E-state index < -0.39 is 10.0 Å². The number of hydrogen-bond acceptors (Lipinski definition) is 5. The molecular weight excluding hydrogens is 308 g/mol. The summed E-state index contributed by atoms with van der Waals surface area (Å²) in [6.45, 7) is 0.355. The monoisotopic (exact) mass is 328 g/mol. The number of hydrogen-bond donors (Lipinski definition) is 2. The van der Waals surface area contributed by atoms with Crippen LogP contribution in [0.5, 0.6) is 11.5 Å². The summed E-state index contributed by atoms with van der Waals surface area (Å²) < 4.78 is 32.5. The predicted molar refractivity (Wildman–Crippen MR) is 81.3 cm³/mol. The van der Waals surface area contributed by atoms with Crippen LogP contribution in [0.4, 0.5) is 0 Å². The summed E-state index contributed by atoms with van der Waals surface area (Å²) in [5.41, 5.74) is 0.973. The Kier molecular flexibility index (Phi) is 5.25. The number of nitrogens with two attached hydrogens (primary N) is 1. The largest absolute Gasteiger partial charge is 0.493 e. The van der Waals surface area contributed by atoms with Crippen molar-refractivity contribution in [3.8, 4) is 11.5 Å². The summed E-state index contributed by atoms with van der Waals surface area (Å²) in [6.07, 6.45) is 0.980. The van der Waals surface area contributed by atoms with E-state index in [1.807, 2.05) is 18.2 Å². The SMILES string of the molecule is COc1cccc2c1OCC(NC(=O)CCCS(N)(=O)=O)C2. The highest BCUT2D eigenvalue weighted by Gasteiger charge is 2.23. The molecule has 1 aromatic rings. The van der Waals surface area contributed by atoms with Crippen molar-refractivity contribution in [2.75, 3.05) is 19.5 Å². The minimum Gasteiger partial charge on any atom is -0.493 e. The Hall–Kier alpha value is -1.80. The highest BCUT2D eigenvalue weighted by atomic mass is 32.2. The summed E-state index contributed by atoms with van der Waals surface area (Å²) in [5.74, 6) is 0.991. The lowest BCUT2D eigenvalue weighted by Crippen LogP contribution is -2.42. The van der Waals surface area contributed by atoms with Crippen LogP contribution in [-0.4, -0.2) is 39.8 Å². The van der Waals surface area contributed by atoms with Gasteiger partial charge in [0.25, 0.3) is 0 Å². The van der Waals surface area contributed by atoms with Crippen LogP contribution in [0.25, 0.3) is 0 Å². The zero-order chi connectivity index (χ0) is 16.2. The molecule has 7 nitrogen and oxygen atoms in total. The number of benzene rings is 1. The highest BCUT2D eigenvalue weighted by molar-refractivity contribution is 7.89. The molecule has 1 unspecified atom stereocenters. The van der Waals surface area contributed by atoms with Crippen molar-refractivity contribution < 1.29 is 22.7 Å². The molecule has 0 spiro atoms. The summed E-state index contributed by atoms with van der Waals surface area (Å²) in [4.78, 5) is 11.8. The maximum absolute atomic E-state index is 11.8. The molecule has 1 aliphatic rings. The van der Waals surface area contributed by atoms with Gasteiger partial charge in [-0.1, -0.05) is 12.1 Å². The number of sulfonamides is 1. The topological polar surface area (TPSA) is 108 Å². The Balaban J connectivity index is 1.86. The minimum atomic E-state index is -3.52. The lowest BCUT2D eigenvalue weighted by atomic mass is 10.0. The molecule has 1 aliphatic heterocycles. The van der Waals surface area contributed by atoms with Crippen LogP contribution >= 0.6 is 0 Å². The molecule has 0 saturated carbocycles. The van der Waals surface area contributed by atoms with Crippen molar-refractivity contribution in [1.82, 2.24) is 5.32 Å². The van der Waals surface area contributed by atoms with Gasteiger partial charge < -0.3 is 14.8 Å². The van der Waals surface area contributed by atoms with Crippen LogP contribution in [0.1, 0.15) is 18.4 Å². The van der Waals surface area contributed by atoms with E-state index in [1.54, 1.807) is 7.11 Å². The molecule has 0 aliphatic carbocycles. The van der Waals surface area contributed by atoms with Crippen LogP contribution in [-0.2, 0) is 21.2 Å². The molecule has 3 N–H and O–H groups in total. The van der Waals surface area contributed by atoms with Gasteiger partial charge in [-0.2, -0.15) is 0 Å². The third kappa shape index (κ3) is 4.60. The number of nitrogens with one attached hydrogen (secondary N) is 1. The summed E-state index contributed by atoms with van der Waals surface area (Å²) in [6, 6.07) is 5.49. The van der Waals surface area contributed by atoms with Crippen LogP contribution in [0.15, 0.2) is 18.2 Å². The van der Waals surface area contributed by atoms with Crippen LogP contribution in [0, 0.1) is 0 Å². The second-order valence-corrected chi connectivity index (χ2v) is 6.93. The van der Waals surface area contributed by atoms with E-state index >= 15 is 0 Å². The van der Waals surface area contributed by atoms with Crippen molar-refractivity contribution in [3.63, 3.8) is 0 Å². The van der Waals surface area contributed by atoms with Gasteiger partial charge in [-0.15, -0.1) is 0 Å². The fourth-order valence-corrected chi connectivity index (χ4v) is 2.93. The van der Waals surface area contributed by atoms with E-state index in [2.05, 4.69) is 5.32 Å². The maximum atomic E-state index is 11.8. The first-order valence-corrected chi connectivity index (χ1v) is 8.69. The van der Waals surface area contributed by atoms with Crippen LogP contribution in [0.3, 0.4) is 0 Å². The molecule has 8 heteroatoms. The summed E-state index contributed by atoms with van der Waals surface area (Å²) in [5, 5.41) is 7.74. The Bertz CT molecular complexity index is 645.